The fraction of sp³-hybridized carbons (Fsp3) is 0.533. The lowest BCUT2D eigenvalue weighted by Gasteiger charge is -2.28. The first kappa shape index (κ1) is 13.7. The first-order chi connectivity index (χ1) is 9.10. The molecule has 0 atom stereocenters. The number of carbonyl (C=O) groups excluding carboxylic acids is 1. The van der Waals surface area contributed by atoms with E-state index < -0.39 is 0 Å². The van der Waals surface area contributed by atoms with Crippen molar-refractivity contribution in [3.05, 3.63) is 23.8 Å². The van der Waals surface area contributed by atoms with E-state index in [1.807, 2.05) is 12.1 Å². The molecule has 1 fully saturated rings. The predicted molar refractivity (Wildman–Crippen MR) is 79.3 cm³/mol. The van der Waals surface area contributed by atoms with Crippen LogP contribution in [0, 0.1) is 5.92 Å². The fourth-order valence-corrected chi connectivity index (χ4v) is 2.60. The number of nitrogens with two attached hydrogens (primary N) is 1. The molecule has 1 aliphatic rings. The van der Waals surface area contributed by atoms with Crippen molar-refractivity contribution in [3.8, 4) is 0 Å². The Morgan fingerprint density at radius 2 is 1.95 bits per heavy atom. The Labute approximate surface area is 114 Å². The van der Waals surface area contributed by atoms with Gasteiger partial charge in [0.25, 0.3) is 5.91 Å². The van der Waals surface area contributed by atoms with Crippen LogP contribution in [0.25, 0.3) is 0 Å². The van der Waals surface area contributed by atoms with Gasteiger partial charge in [0, 0.05) is 18.7 Å². The molecule has 4 nitrogen and oxygen atoms in total. The number of anilines is 2. The molecule has 0 radical (unpaired) electrons. The molecular weight excluding hydrogens is 238 g/mol. The van der Waals surface area contributed by atoms with Crippen molar-refractivity contribution in [3.63, 3.8) is 0 Å². The van der Waals surface area contributed by atoms with Crippen molar-refractivity contribution in [2.24, 2.45) is 5.92 Å². The van der Waals surface area contributed by atoms with Gasteiger partial charge in [-0.15, -0.1) is 0 Å². The Balaban J connectivity index is 2.03. The fourth-order valence-electron chi connectivity index (χ4n) is 2.60. The Bertz CT molecular complexity index is 451. The van der Waals surface area contributed by atoms with Gasteiger partial charge in [0.05, 0.1) is 11.4 Å². The maximum absolute atomic E-state index is 11.5. The van der Waals surface area contributed by atoms with Gasteiger partial charge >= 0.3 is 0 Å². The van der Waals surface area contributed by atoms with Crippen LogP contribution >= 0.6 is 0 Å². The number of nitrogens with one attached hydrogen (secondary N) is 2. The van der Waals surface area contributed by atoms with E-state index in [-0.39, 0.29) is 5.91 Å². The lowest BCUT2D eigenvalue weighted by Crippen LogP contribution is -2.25. The molecule has 0 aliphatic heterocycles. The summed E-state index contributed by atoms with van der Waals surface area (Å²) in [6.07, 6.45) is 4.93. The maximum atomic E-state index is 11.5. The molecule has 2 rings (SSSR count). The highest BCUT2D eigenvalue weighted by atomic mass is 16.1. The second-order valence-electron chi connectivity index (χ2n) is 5.48. The average Bonchev–Trinajstić information content (AvgIpc) is 2.42. The quantitative estimate of drug-likeness (QED) is 0.733. The molecule has 104 valence electrons. The number of amides is 1. The van der Waals surface area contributed by atoms with Gasteiger partial charge < -0.3 is 16.4 Å². The minimum absolute atomic E-state index is 0.107. The molecule has 0 aromatic heterocycles. The first-order valence-corrected chi connectivity index (χ1v) is 6.98. The van der Waals surface area contributed by atoms with Gasteiger partial charge in [-0.25, -0.2) is 0 Å². The molecule has 19 heavy (non-hydrogen) atoms. The van der Waals surface area contributed by atoms with Crippen LogP contribution in [0.15, 0.2) is 18.2 Å². The third-order valence-corrected chi connectivity index (χ3v) is 3.92. The van der Waals surface area contributed by atoms with E-state index in [2.05, 4.69) is 17.6 Å². The molecular formula is C15H23N3O. The second-order valence-corrected chi connectivity index (χ2v) is 5.48. The van der Waals surface area contributed by atoms with Crippen molar-refractivity contribution < 1.29 is 4.79 Å². The van der Waals surface area contributed by atoms with Gasteiger partial charge in [0.2, 0.25) is 0 Å². The first-order valence-electron chi connectivity index (χ1n) is 6.98. The molecule has 0 unspecified atom stereocenters. The van der Waals surface area contributed by atoms with Crippen LogP contribution in [0.1, 0.15) is 43.0 Å². The number of hydrogen-bond acceptors (Lipinski definition) is 3. The standard InChI is InChI=1S/C15H23N3O/c1-10-3-6-12(7-4-10)18-14-8-5-11(9-13(14)16)15(19)17-2/h5,8-10,12,18H,3-4,6-7,16H2,1-2H3,(H,17,19). The summed E-state index contributed by atoms with van der Waals surface area (Å²) in [6, 6.07) is 5.94. The molecule has 0 spiro atoms. The van der Waals surface area contributed by atoms with Gasteiger partial charge in [-0.2, -0.15) is 0 Å². The van der Waals surface area contributed by atoms with Gasteiger partial charge in [-0.1, -0.05) is 6.92 Å². The molecule has 0 saturated heterocycles. The maximum Gasteiger partial charge on any atom is 0.251 e. The van der Waals surface area contributed by atoms with E-state index in [4.69, 9.17) is 5.73 Å². The smallest absolute Gasteiger partial charge is 0.251 e. The highest BCUT2D eigenvalue weighted by molar-refractivity contribution is 5.95. The van der Waals surface area contributed by atoms with Crippen LogP contribution < -0.4 is 16.4 Å². The normalized spacial score (nSPS) is 22.8. The highest BCUT2D eigenvalue weighted by Crippen LogP contribution is 2.28. The highest BCUT2D eigenvalue weighted by Gasteiger charge is 2.18. The molecule has 1 aromatic carbocycles. The number of rotatable bonds is 3. The third-order valence-electron chi connectivity index (χ3n) is 3.92. The van der Waals surface area contributed by atoms with Crippen molar-refractivity contribution in [2.75, 3.05) is 18.1 Å². The molecule has 4 heteroatoms. The predicted octanol–water partition coefficient (Wildman–Crippen LogP) is 2.62. The summed E-state index contributed by atoms with van der Waals surface area (Å²) in [5, 5.41) is 6.10. The summed E-state index contributed by atoms with van der Waals surface area (Å²) in [6.45, 7) is 2.31. The number of benzene rings is 1. The summed E-state index contributed by atoms with van der Waals surface area (Å²) in [4.78, 5) is 11.5. The molecule has 1 amide bonds. The van der Waals surface area contributed by atoms with E-state index in [1.165, 1.54) is 25.7 Å². The Kier molecular flexibility index (Phi) is 4.30. The van der Waals surface area contributed by atoms with Crippen LogP contribution in [-0.4, -0.2) is 19.0 Å². The van der Waals surface area contributed by atoms with E-state index in [9.17, 15) is 4.79 Å². The van der Waals surface area contributed by atoms with E-state index in [0.717, 1.165) is 11.6 Å². The molecule has 1 saturated carbocycles. The summed E-state index contributed by atoms with van der Waals surface area (Å²) in [5.74, 6) is 0.732. The summed E-state index contributed by atoms with van der Waals surface area (Å²) < 4.78 is 0. The van der Waals surface area contributed by atoms with E-state index >= 15 is 0 Å². The minimum atomic E-state index is -0.107. The van der Waals surface area contributed by atoms with Gasteiger partial charge in [0.15, 0.2) is 0 Å². The topological polar surface area (TPSA) is 67.2 Å². The average molecular weight is 261 g/mol. The number of hydrogen-bond donors (Lipinski definition) is 3. The molecule has 1 aliphatic carbocycles. The molecule has 4 N–H and O–H groups in total. The summed E-state index contributed by atoms with van der Waals surface area (Å²) >= 11 is 0. The lowest BCUT2D eigenvalue weighted by molar-refractivity contribution is 0.0963. The van der Waals surface area contributed by atoms with Crippen LogP contribution in [0.5, 0.6) is 0 Å². The van der Waals surface area contributed by atoms with E-state index in [0.29, 0.717) is 17.3 Å². The monoisotopic (exact) mass is 261 g/mol. The summed E-state index contributed by atoms with van der Waals surface area (Å²) in [5.41, 5.74) is 8.19. The lowest BCUT2D eigenvalue weighted by atomic mass is 9.87. The van der Waals surface area contributed by atoms with Crippen LogP contribution in [0.2, 0.25) is 0 Å². The Morgan fingerprint density at radius 1 is 1.26 bits per heavy atom. The van der Waals surface area contributed by atoms with Crippen LogP contribution in [0.4, 0.5) is 11.4 Å². The molecule has 0 bridgehead atoms. The van der Waals surface area contributed by atoms with Crippen molar-refractivity contribution in [1.82, 2.24) is 5.32 Å². The van der Waals surface area contributed by atoms with Crippen molar-refractivity contribution in [2.45, 2.75) is 38.6 Å². The zero-order chi connectivity index (χ0) is 13.8. The van der Waals surface area contributed by atoms with Gasteiger partial charge in [0.1, 0.15) is 0 Å². The van der Waals surface area contributed by atoms with Crippen molar-refractivity contribution in [1.29, 1.82) is 0 Å². The second kappa shape index (κ2) is 5.95. The zero-order valence-corrected chi connectivity index (χ0v) is 11.7. The summed E-state index contributed by atoms with van der Waals surface area (Å²) in [7, 11) is 1.62. The zero-order valence-electron chi connectivity index (χ0n) is 11.7. The largest absolute Gasteiger partial charge is 0.397 e. The minimum Gasteiger partial charge on any atom is -0.397 e. The van der Waals surface area contributed by atoms with Gasteiger partial charge in [-0.3, -0.25) is 4.79 Å². The van der Waals surface area contributed by atoms with Crippen molar-refractivity contribution >= 4 is 17.3 Å². The number of carbonyl (C=O) groups is 1. The Morgan fingerprint density at radius 3 is 2.53 bits per heavy atom. The van der Waals surface area contributed by atoms with Crippen LogP contribution in [-0.2, 0) is 0 Å². The molecule has 0 heterocycles. The van der Waals surface area contributed by atoms with Crippen LogP contribution in [0.3, 0.4) is 0 Å². The Hall–Kier alpha value is -1.71. The van der Waals surface area contributed by atoms with E-state index in [1.54, 1.807) is 13.1 Å². The number of nitrogen functional groups attached to an aromatic ring is 1. The third kappa shape index (κ3) is 3.40. The SMILES string of the molecule is CNC(=O)c1ccc(NC2CCC(C)CC2)c(N)c1. The van der Waals surface area contributed by atoms with Gasteiger partial charge in [-0.05, 0) is 49.8 Å². The molecule has 1 aromatic rings.